The first-order chi connectivity index (χ1) is 8.72. The number of hydrogen-bond donors (Lipinski definition) is 0. The van der Waals surface area contributed by atoms with Crippen LogP contribution in [0.15, 0.2) is 48.5 Å². The largest absolute Gasteiger partial charge is 0.298 e. The van der Waals surface area contributed by atoms with Crippen molar-refractivity contribution in [1.82, 2.24) is 0 Å². The number of aryl methyl sites for hydroxylation is 2. The molecule has 1 heteroatoms. The molecule has 0 aliphatic heterocycles. The van der Waals surface area contributed by atoms with Crippen LogP contribution in [0.2, 0.25) is 0 Å². The van der Waals surface area contributed by atoms with Crippen molar-refractivity contribution in [2.45, 2.75) is 13.8 Å². The van der Waals surface area contributed by atoms with E-state index in [1.807, 2.05) is 68.5 Å². The third-order valence-corrected chi connectivity index (χ3v) is 3.08. The fourth-order valence-corrected chi connectivity index (χ4v) is 1.99. The second-order valence-corrected chi connectivity index (χ2v) is 4.39. The lowest BCUT2D eigenvalue weighted by atomic mass is 9.98. The van der Waals surface area contributed by atoms with Crippen LogP contribution in [0.5, 0.6) is 0 Å². The summed E-state index contributed by atoms with van der Waals surface area (Å²) in [5.41, 5.74) is 5.09. The van der Waals surface area contributed by atoms with Gasteiger partial charge in [0, 0.05) is 5.57 Å². The maximum Gasteiger partial charge on any atom is 0.150 e. The maximum absolute atomic E-state index is 11.3. The van der Waals surface area contributed by atoms with Crippen molar-refractivity contribution >= 4 is 17.9 Å². The van der Waals surface area contributed by atoms with E-state index in [0.29, 0.717) is 0 Å². The molecule has 0 aliphatic carbocycles. The molecule has 0 radical (unpaired) electrons. The molecule has 0 N–H and O–H groups in total. The minimum atomic E-state index is 0.724. The normalized spacial score (nSPS) is 11.3. The summed E-state index contributed by atoms with van der Waals surface area (Å²) in [7, 11) is 0. The molecule has 18 heavy (non-hydrogen) atoms. The smallest absolute Gasteiger partial charge is 0.150 e. The van der Waals surface area contributed by atoms with Gasteiger partial charge in [-0.15, -0.1) is 0 Å². The zero-order valence-electron chi connectivity index (χ0n) is 10.7. The van der Waals surface area contributed by atoms with Crippen LogP contribution >= 0.6 is 0 Å². The number of aldehydes is 1. The van der Waals surface area contributed by atoms with Crippen LogP contribution in [0, 0.1) is 13.8 Å². The van der Waals surface area contributed by atoms with Crippen molar-refractivity contribution < 1.29 is 4.79 Å². The van der Waals surface area contributed by atoms with E-state index in [1.165, 1.54) is 5.56 Å². The number of hydrogen-bond acceptors (Lipinski definition) is 1. The van der Waals surface area contributed by atoms with Gasteiger partial charge in [0.15, 0.2) is 6.29 Å². The zero-order valence-corrected chi connectivity index (χ0v) is 10.7. The average molecular weight is 236 g/mol. The lowest BCUT2D eigenvalue weighted by molar-refractivity contribution is -0.103. The summed E-state index contributed by atoms with van der Waals surface area (Å²) >= 11 is 0. The molecule has 0 bridgehead atoms. The lowest BCUT2D eigenvalue weighted by Gasteiger charge is -2.06. The highest BCUT2D eigenvalue weighted by atomic mass is 16.1. The first-order valence-electron chi connectivity index (χ1n) is 6.01. The van der Waals surface area contributed by atoms with Gasteiger partial charge in [-0.05, 0) is 42.2 Å². The van der Waals surface area contributed by atoms with E-state index in [0.717, 1.165) is 28.5 Å². The predicted octanol–water partition coefficient (Wildman–Crippen LogP) is 4.04. The summed E-state index contributed by atoms with van der Waals surface area (Å²) in [6.45, 7) is 4.07. The number of allylic oxidation sites excluding steroid dienone is 1. The molecule has 0 aromatic heterocycles. The van der Waals surface area contributed by atoms with Crippen LogP contribution in [0.3, 0.4) is 0 Å². The predicted molar refractivity (Wildman–Crippen MR) is 76.3 cm³/mol. The minimum Gasteiger partial charge on any atom is -0.298 e. The Morgan fingerprint density at radius 1 is 0.889 bits per heavy atom. The molecule has 0 amide bonds. The standard InChI is InChI=1S/C17H16O/c1-13-7-3-5-9-15(13)11-16(12-18)17-10-6-4-8-14(17)2/h3-12H,1-2H3/b16-11+. The third kappa shape index (κ3) is 2.57. The Balaban J connectivity index is 2.50. The van der Waals surface area contributed by atoms with Gasteiger partial charge < -0.3 is 0 Å². The van der Waals surface area contributed by atoms with Gasteiger partial charge in [-0.1, -0.05) is 48.5 Å². The first kappa shape index (κ1) is 12.3. The fourth-order valence-electron chi connectivity index (χ4n) is 1.99. The molecule has 0 saturated carbocycles. The number of rotatable bonds is 3. The van der Waals surface area contributed by atoms with E-state index < -0.39 is 0 Å². The van der Waals surface area contributed by atoms with E-state index in [1.54, 1.807) is 0 Å². The number of carbonyl (C=O) groups is 1. The van der Waals surface area contributed by atoms with Crippen LogP contribution in [-0.2, 0) is 4.79 Å². The van der Waals surface area contributed by atoms with E-state index in [4.69, 9.17) is 0 Å². The summed E-state index contributed by atoms with van der Waals surface area (Å²) in [6.07, 6.45) is 2.87. The highest BCUT2D eigenvalue weighted by Gasteiger charge is 2.04. The quantitative estimate of drug-likeness (QED) is 0.446. The molecule has 0 spiro atoms. The molecule has 2 rings (SSSR count). The first-order valence-corrected chi connectivity index (χ1v) is 6.01. The van der Waals surface area contributed by atoms with Gasteiger partial charge in [0.2, 0.25) is 0 Å². The van der Waals surface area contributed by atoms with Crippen molar-refractivity contribution in [1.29, 1.82) is 0 Å². The molecule has 1 nitrogen and oxygen atoms in total. The van der Waals surface area contributed by atoms with Crippen LogP contribution in [0.4, 0.5) is 0 Å². The Bertz CT molecular complexity index is 594. The van der Waals surface area contributed by atoms with E-state index in [9.17, 15) is 4.79 Å². The topological polar surface area (TPSA) is 17.1 Å². The van der Waals surface area contributed by atoms with Gasteiger partial charge >= 0.3 is 0 Å². The Kier molecular flexibility index (Phi) is 3.73. The van der Waals surface area contributed by atoms with Crippen LogP contribution in [0.25, 0.3) is 11.6 Å². The van der Waals surface area contributed by atoms with Gasteiger partial charge in [0.05, 0.1) is 0 Å². The SMILES string of the molecule is Cc1ccccc1/C=C(\C=O)c1ccccc1C. The van der Waals surface area contributed by atoms with Gasteiger partial charge in [-0.25, -0.2) is 0 Å². The second kappa shape index (κ2) is 5.46. The highest BCUT2D eigenvalue weighted by Crippen LogP contribution is 2.21. The molecular formula is C17H16O. The van der Waals surface area contributed by atoms with E-state index >= 15 is 0 Å². The van der Waals surface area contributed by atoms with Gasteiger partial charge in [0.25, 0.3) is 0 Å². The monoisotopic (exact) mass is 236 g/mol. The summed E-state index contributed by atoms with van der Waals surface area (Å²) in [5, 5.41) is 0. The highest BCUT2D eigenvalue weighted by molar-refractivity contribution is 6.14. The molecule has 0 unspecified atom stereocenters. The van der Waals surface area contributed by atoms with Gasteiger partial charge in [-0.3, -0.25) is 4.79 Å². The van der Waals surface area contributed by atoms with Gasteiger partial charge in [0.1, 0.15) is 0 Å². The van der Waals surface area contributed by atoms with Crippen LogP contribution in [-0.4, -0.2) is 6.29 Å². The summed E-state index contributed by atoms with van der Waals surface area (Å²) in [5.74, 6) is 0. The second-order valence-electron chi connectivity index (χ2n) is 4.39. The Morgan fingerprint density at radius 3 is 2.11 bits per heavy atom. The van der Waals surface area contributed by atoms with E-state index in [2.05, 4.69) is 0 Å². The fraction of sp³-hybridized carbons (Fsp3) is 0.118. The molecule has 0 fully saturated rings. The maximum atomic E-state index is 11.3. The number of benzene rings is 2. The van der Waals surface area contributed by atoms with E-state index in [-0.39, 0.29) is 0 Å². The van der Waals surface area contributed by atoms with Crippen molar-refractivity contribution in [2.75, 3.05) is 0 Å². The van der Waals surface area contributed by atoms with Gasteiger partial charge in [-0.2, -0.15) is 0 Å². The summed E-state index contributed by atoms with van der Waals surface area (Å²) < 4.78 is 0. The molecule has 0 heterocycles. The lowest BCUT2D eigenvalue weighted by Crippen LogP contribution is -1.90. The Labute approximate surface area is 108 Å². The van der Waals surface area contributed by atoms with Crippen LogP contribution in [0.1, 0.15) is 22.3 Å². The van der Waals surface area contributed by atoms with Crippen molar-refractivity contribution in [3.63, 3.8) is 0 Å². The minimum absolute atomic E-state index is 0.724. The molecule has 0 saturated heterocycles. The molecule has 2 aromatic rings. The third-order valence-electron chi connectivity index (χ3n) is 3.08. The average Bonchev–Trinajstić information content (AvgIpc) is 2.39. The van der Waals surface area contributed by atoms with Crippen LogP contribution < -0.4 is 0 Å². The zero-order chi connectivity index (χ0) is 13.0. The summed E-state index contributed by atoms with van der Waals surface area (Å²) in [6, 6.07) is 16.0. The van der Waals surface area contributed by atoms with Crippen molar-refractivity contribution in [3.8, 4) is 0 Å². The molecular weight excluding hydrogens is 220 g/mol. The Morgan fingerprint density at radius 2 is 1.50 bits per heavy atom. The Hall–Kier alpha value is -2.15. The molecule has 0 aliphatic rings. The van der Waals surface area contributed by atoms with Crippen molar-refractivity contribution in [2.24, 2.45) is 0 Å². The summed E-state index contributed by atoms with van der Waals surface area (Å²) in [4.78, 5) is 11.3. The molecule has 90 valence electrons. The number of carbonyl (C=O) groups excluding carboxylic acids is 1. The molecule has 0 atom stereocenters. The molecule has 2 aromatic carbocycles. The van der Waals surface area contributed by atoms with Crippen molar-refractivity contribution in [3.05, 3.63) is 70.8 Å².